The Morgan fingerprint density at radius 2 is 1.72 bits per heavy atom. The van der Waals surface area contributed by atoms with Crippen LogP contribution in [0, 0.1) is 11.3 Å². The van der Waals surface area contributed by atoms with Crippen LogP contribution in [0.5, 0.6) is 11.6 Å². The molecule has 4 amide bonds. The lowest BCUT2D eigenvalue weighted by atomic mass is 9.92. The van der Waals surface area contributed by atoms with Gasteiger partial charge in [0.2, 0.25) is 11.8 Å². The molecule has 4 aromatic rings. The van der Waals surface area contributed by atoms with Gasteiger partial charge in [0.25, 0.3) is 11.8 Å². The number of hydrogen-bond acceptors (Lipinski definition) is 10. The molecule has 2 fully saturated rings. The molecular weight excluding hydrogens is 502 g/mol. The van der Waals surface area contributed by atoms with Crippen molar-refractivity contribution in [1.82, 2.24) is 25.6 Å². The van der Waals surface area contributed by atoms with Gasteiger partial charge in [0.1, 0.15) is 17.5 Å². The SMILES string of the molecule is N#Cc1ccc(-c2ncc(-c3ccc(Oc4ccc(N5CCCC56C(=O)NC(=O)NC6=O)cn4)cc3)o2)nc1. The summed E-state index contributed by atoms with van der Waals surface area (Å²) in [7, 11) is 0. The molecule has 2 saturated heterocycles. The minimum atomic E-state index is -1.48. The summed E-state index contributed by atoms with van der Waals surface area (Å²) in [5.74, 6) is 0.467. The quantitative estimate of drug-likeness (QED) is 0.373. The van der Waals surface area contributed by atoms with Crippen molar-refractivity contribution in [3.63, 3.8) is 0 Å². The van der Waals surface area contributed by atoms with Crippen LogP contribution < -0.4 is 20.3 Å². The number of nitriles is 1. The lowest BCUT2D eigenvalue weighted by Gasteiger charge is -2.38. The van der Waals surface area contributed by atoms with Crippen LogP contribution in [-0.2, 0) is 9.59 Å². The molecule has 0 aliphatic carbocycles. The molecule has 2 N–H and O–H groups in total. The number of rotatable bonds is 5. The van der Waals surface area contributed by atoms with E-state index in [0.717, 1.165) is 5.56 Å². The first-order valence-electron chi connectivity index (χ1n) is 12.0. The molecule has 12 heteroatoms. The first-order chi connectivity index (χ1) is 19.0. The minimum absolute atomic E-state index is 0.291. The van der Waals surface area contributed by atoms with Crippen molar-refractivity contribution in [2.24, 2.45) is 0 Å². The normalized spacial score (nSPS) is 16.1. The molecule has 192 valence electrons. The first kappa shape index (κ1) is 23.8. The summed E-state index contributed by atoms with van der Waals surface area (Å²) < 4.78 is 11.7. The van der Waals surface area contributed by atoms with Crippen molar-refractivity contribution in [3.8, 4) is 40.6 Å². The van der Waals surface area contributed by atoms with Gasteiger partial charge >= 0.3 is 6.03 Å². The van der Waals surface area contributed by atoms with E-state index in [-0.39, 0.29) is 0 Å². The van der Waals surface area contributed by atoms with Crippen LogP contribution in [0.2, 0.25) is 0 Å². The molecule has 2 aliphatic heterocycles. The van der Waals surface area contributed by atoms with Gasteiger partial charge in [-0.25, -0.2) is 19.7 Å². The third-order valence-corrected chi connectivity index (χ3v) is 6.60. The van der Waals surface area contributed by atoms with E-state index in [1.807, 2.05) is 18.2 Å². The first-order valence-corrected chi connectivity index (χ1v) is 12.0. The standard InChI is InChI=1S/C27H19N7O5/c28-12-16-2-8-20(29-13-16)23-31-15-21(39-23)17-3-6-19(7-4-17)38-22-9-5-18(14-30-22)34-11-1-10-27(34)24(35)32-26(37)33-25(27)36/h2-9,13-15H,1,10-11H2,(H2,32,33,35,36,37). The zero-order valence-corrected chi connectivity index (χ0v) is 20.2. The Bertz CT molecular complexity index is 1600. The van der Waals surface area contributed by atoms with Gasteiger partial charge in [-0.2, -0.15) is 5.26 Å². The number of urea groups is 1. The predicted molar refractivity (Wildman–Crippen MR) is 135 cm³/mol. The van der Waals surface area contributed by atoms with E-state index in [4.69, 9.17) is 14.4 Å². The van der Waals surface area contributed by atoms with Gasteiger partial charge in [0, 0.05) is 24.4 Å². The average Bonchev–Trinajstić information content (AvgIpc) is 3.62. The molecule has 2 aliphatic rings. The highest BCUT2D eigenvalue weighted by Gasteiger charge is 2.57. The number of benzene rings is 1. The number of anilines is 1. The number of amides is 4. The molecule has 0 radical (unpaired) electrons. The number of pyridine rings is 2. The van der Waals surface area contributed by atoms with Crippen LogP contribution in [0.3, 0.4) is 0 Å². The molecule has 1 spiro atoms. The monoisotopic (exact) mass is 521 g/mol. The number of hydrogen-bond donors (Lipinski definition) is 2. The molecule has 12 nitrogen and oxygen atoms in total. The van der Waals surface area contributed by atoms with E-state index < -0.39 is 23.4 Å². The highest BCUT2D eigenvalue weighted by Crippen LogP contribution is 2.36. The number of ether oxygens (including phenoxy) is 1. The second-order valence-corrected chi connectivity index (χ2v) is 8.91. The maximum Gasteiger partial charge on any atom is 0.328 e. The largest absolute Gasteiger partial charge is 0.439 e. The summed E-state index contributed by atoms with van der Waals surface area (Å²) in [6.07, 6.45) is 5.48. The van der Waals surface area contributed by atoms with Crippen molar-refractivity contribution < 1.29 is 23.5 Å². The molecule has 5 heterocycles. The molecule has 6 rings (SSSR count). The highest BCUT2D eigenvalue weighted by molar-refractivity contribution is 6.24. The molecule has 0 saturated carbocycles. The van der Waals surface area contributed by atoms with Crippen LogP contribution in [0.1, 0.15) is 18.4 Å². The van der Waals surface area contributed by atoms with Crippen molar-refractivity contribution in [3.05, 3.63) is 72.7 Å². The maximum absolute atomic E-state index is 12.7. The Kier molecular flexibility index (Phi) is 5.73. The molecule has 0 atom stereocenters. The zero-order valence-electron chi connectivity index (χ0n) is 20.2. The Balaban J connectivity index is 1.14. The zero-order chi connectivity index (χ0) is 27.0. The number of aromatic nitrogens is 3. The molecule has 0 bridgehead atoms. The van der Waals surface area contributed by atoms with Crippen LogP contribution in [0.15, 0.2) is 71.5 Å². The van der Waals surface area contributed by atoms with Crippen molar-refractivity contribution in [2.45, 2.75) is 18.4 Å². The smallest absolute Gasteiger partial charge is 0.328 e. The van der Waals surface area contributed by atoms with Gasteiger partial charge in [-0.1, -0.05) is 0 Å². The van der Waals surface area contributed by atoms with Gasteiger partial charge in [0.15, 0.2) is 11.3 Å². The van der Waals surface area contributed by atoms with Crippen molar-refractivity contribution in [1.29, 1.82) is 5.26 Å². The number of barbiturate groups is 1. The Hall–Kier alpha value is -5.57. The second-order valence-electron chi connectivity index (χ2n) is 8.91. The van der Waals surface area contributed by atoms with Crippen molar-refractivity contribution >= 4 is 23.5 Å². The van der Waals surface area contributed by atoms with E-state index >= 15 is 0 Å². The molecule has 0 unspecified atom stereocenters. The van der Waals surface area contributed by atoms with E-state index in [0.29, 0.717) is 59.6 Å². The lowest BCUT2D eigenvalue weighted by Crippen LogP contribution is -2.71. The van der Waals surface area contributed by atoms with E-state index in [1.165, 1.54) is 12.4 Å². The fourth-order valence-corrected chi connectivity index (χ4v) is 4.70. The molecule has 39 heavy (non-hydrogen) atoms. The summed E-state index contributed by atoms with van der Waals surface area (Å²) in [6, 6.07) is 15.0. The number of nitrogens with zero attached hydrogens (tertiary/aromatic N) is 5. The summed E-state index contributed by atoms with van der Waals surface area (Å²) in [5.41, 5.74) is 0.831. The fraction of sp³-hybridized carbons (Fsp3) is 0.148. The lowest BCUT2D eigenvalue weighted by molar-refractivity contribution is -0.137. The van der Waals surface area contributed by atoms with Crippen LogP contribution in [0.4, 0.5) is 10.5 Å². The molecule has 1 aromatic carbocycles. The number of oxazole rings is 1. The summed E-state index contributed by atoms with van der Waals surface area (Å²) in [4.78, 5) is 51.3. The minimum Gasteiger partial charge on any atom is -0.439 e. The fourth-order valence-electron chi connectivity index (χ4n) is 4.70. The third-order valence-electron chi connectivity index (χ3n) is 6.60. The Morgan fingerprint density at radius 1 is 0.923 bits per heavy atom. The highest BCUT2D eigenvalue weighted by atomic mass is 16.5. The Labute approximate surface area is 221 Å². The van der Waals surface area contributed by atoms with Crippen LogP contribution in [0.25, 0.3) is 22.9 Å². The number of nitrogens with one attached hydrogen (secondary N) is 2. The maximum atomic E-state index is 12.7. The molecule has 3 aromatic heterocycles. The summed E-state index contributed by atoms with van der Waals surface area (Å²) in [6.45, 7) is 0.461. The van der Waals surface area contributed by atoms with E-state index in [2.05, 4.69) is 25.6 Å². The van der Waals surface area contributed by atoms with Gasteiger partial charge < -0.3 is 14.1 Å². The third kappa shape index (κ3) is 4.21. The van der Waals surface area contributed by atoms with Crippen LogP contribution >= 0.6 is 0 Å². The van der Waals surface area contributed by atoms with E-state index in [1.54, 1.807) is 47.5 Å². The van der Waals surface area contributed by atoms with Gasteiger partial charge in [0.05, 0.1) is 23.6 Å². The van der Waals surface area contributed by atoms with Gasteiger partial charge in [-0.05, 0) is 55.3 Å². The van der Waals surface area contributed by atoms with Gasteiger partial charge in [-0.15, -0.1) is 0 Å². The topological polar surface area (TPSA) is 163 Å². The number of imide groups is 2. The van der Waals surface area contributed by atoms with E-state index in [9.17, 15) is 14.4 Å². The second kappa shape index (κ2) is 9.38. The number of carbonyl (C=O) groups excluding carboxylic acids is 3. The number of carbonyl (C=O) groups is 3. The average molecular weight is 521 g/mol. The summed E-state index contributed by atoms with van der Waals surface area (Å²) in [5, 5.41) is 13.3. The summed E-state index contributed by atoms with van der Waals surface area (Å²) >= 11 is 0. The predicted octanol–water partition coefficient (Wildman–Crippen LogP) is 3.17. The Morgan fingerprint density at radius 3 is 2.38 bits per heavy atom. The van der Waals surface area contributed by atoms with Crippen LogP contribution in [-0.4, -0.2) is 44.9 Å². The van der Waals surface area contributed by atoms with Crippen molar-refractivity contribution in [2.75, 3.05) is 11.4 Å². The van der Waals surface area contributed by atoms with Gasteiger partial charge in [-0.3, -0.25) is 20.2 Å². The molecular formula is C27H19N7O5.